The molecular formula is C25H30N10O. The van der Waals surface area contributed by atoms with Crippen LogP contribution in [0.2, 0.25) is 0 Å². The number of aryl methyl sites for hydroxylation is 1. The highest BCUT2D eigenvalue weighted by Gasteiger charge is 2.24. The Bertz CT molecular complexity index is 1380. The molecule has 3 aromatic heterocycles. The van der Waals surface area contributed by atoms with E-state index in [1.807, 2.05) is 46.1 Å². The van der Waals surface area contributed by atoms with E-state index in [2.05, 4.69) is 53.5 Å². The molecule has 1 aliphatic rings. The minimum absolute atomic E-state index is 0.183. The van der Waals surface area contributed by atoms with Crippen molar-refractivity contribution < 1.29 is 4.79 Å². The second-order valence-electron chi connectivity index (χ2n) is 9.91. The van der Waals surface area contributed by atoms with Crippen molar-refractivity contribution in [2.24, 2.45) is 7.05 Å². The maximum absolute atomic E-state index is 13.0. The van der Waals surface area contributed by atoms with E-state index in [9.17, 15) is 4.79 Å². The number of fused-ring (bicyclic) bond motifs is 1. The standard InChI is InChI=1S/C25H30N10O/c1-25(2,3)35-15-22(32-33-35)23(36)30-21-13-26-9-7-16-11-17(5-6-19(16)21)20-8-10-27-24(31-20)29-18-12-28-34(4)14-18/h5-6,8,10-12,14-15,21,26H,7,9,13H2,1-4H3,(H,30,36)(H,27,29,31)/t21-/m0/s1. The number of aromatic nitrogens is 7. The molecule has 36 heavy (non-hydrogen) atoms. The molecule has 1 aromatic carbocycles. The second kappa shape index (κ2) is 9.50. The first-order chi connectivity index (χ1) is 17.3. The summed E-state index contributed by atoms with van der Waals surface area (Å²) in [5.74, 6) is 0.265. The molecule has 0 spiro atoms. The molecule has 1 atom stereocenters. The third-order valence-corrected chi connectivity index (χ3v) is 6.07. The van der Waals surface area contributed by atoms with Crippen molar-refractivity contribution in [1.29, 1.82) is 0 Å². The maximum atomic E-state index is 13.0. The topological polar surface area (TPSA) is 127 Å². The minimum atomic E-state index is -0.243. The fourth-order valence-corrected chi connectivity index (χ4v) is 4.15. The van der Waals surface area contributed by atoms with E-state index < -0.39 is 0 Å². The number of carbonyl (C=O) groups is 1. The van der Waals surface area contributed by atoms with Crippen molar-refractivity contribution in [2.75, 3.05) is 18.4 Å². The summed E-state index contributed by atoms with van der Waals surface area (Å²) in [7, 11) is 1.86. The Kier molecular flexibility index (Phi) is 6.23. The number of nitrogens with zero attached hydrogens (tertiary/aromatic N) is 7. The van der Waals surface area contributed by atoms with E-state index in [4.69, 9.17) is 0 Å². The minimum Gasteiger partial charge on any atom is -0.342 e. The molecule has 186 valence electrons. The van der Waals surface area contributed by atoms with Gasteiger partial charge in [0.2, 0.25) is 5.95 Å². The Labute approximate surface area is 209 Å². The molecular weight excluding hydrogens is 456 g/mol. The Hall–Kier alpha value is -4.12. The molecule has 0 fully saturated rings. The van der Waals surface area contributed by atoms with Crippen LogP contribution < -0.4 is 16.0 Å². The van der Waals surface area contributed by atoms with E-state index in [1.54, 1.807) is 28.0 Å². The molecule has 0 aliphatic carbocycles. The number of amides is 1. The van der Waals surface area contributed by atoms with Crippen molar-refractivity contribution in [3.05, 3.63) is 65.9 Å². The fourth-order valence-electron chi connectivity index (χ4n) is 4.15. The number of rotatable bonds is 5. The van der Waals surface area contributed by atoms with E-state index in [0.29, 0.717) is 18.2 Å². The zero-order valence-corrected chi connectivity index (χ0v) is 20.9. The van der Waals surface area contributed by atoms with Crippen LogP contribution in [-0.2, 0) is 19.0 Å². The Morgan fingerprint density at radius 3 is 2.81 bits per heavy atom. The van der Waals surface area contributed by atoms with Crippen molar-refractivity contribution >= 4 is 17.5 Å². The van der Waals surface area contributed by atoms with Gasteiger partial charge in [-0.1, -0.05) is 17.3 Å². The van der Waals surface area contributed by atoms with Gasteiger partial charge >= 0.3 is 0 Å². The molecule has 5 rings (SSSR count). The van der Waals surface area contributed by atoms with Crippen molar-refractivity contribution in [2.45, 2.75) is 38.8 Å². The number of carbonyl (C=O) groups excluding carboxylic acids is 1. The van der Waals surface area contributed by atoms with Crippen LogP contribution in [0.15, 0.2) is 49.1 Å². The molecule has 0 radical (unpaired) electrons. The fraction of sp³-hybridized carbons (Fsp3) is 0.360. The predicted octanol–water partition coefficient (Wildman–Crippen LogP) is 2.58. The summed E-state index contributed by atoms with van der Waals surface area (Å²) >= 11 is 0. The summed E-state index contributed by atoms with van der Waals surface area (Å²) in [5, 5.41) is 22.1. The number of nitrogens with one attached hydrogen (secondary N) is 3. The average Bonchev–Trinajstić information content (AvgIpc) is 3.46. The number of hydrogen-bond donors (Lipinski definition) is 3. The van der Waals surface area contributed by atoms with E-state index >= 15 is 0 Å². The molecule has 1 aliphatic heterocycles. The first-order valence-electron chi connectivity index (χ1n) is 11.9. The van der Waals surface area contributed by atoms with Gasteiger partial charge in [-0.05, 0) is 57.0 Å². The highest BCUT2D eigenvalue weighted by molar-refractivity contribution is 5.92. The molecule has 11 nitrogen and oxygen atoms in total. The molecule has 0 bridgehead atoms. The lowest BCUT2D eigenvalue weighted by Gasteiger charge is -2.20. The van der Waals surface area contributed by atoms with Crippen LogP contribution in [0, 0.1) is 0 Å². The van der Waals surface area contributed by atoms with Gasteiger partial charge in [0.15, 0.2) is 5.69 Å². The van der Waals surface area contributed by atoms with E-state index in [0.717, 1.165) is 35.5 Å². The zero-order chi connectivity index (χ0) is 25.3. The number of benzene rings is 1. The molecule has 4 aromatic rings. The van der Waals surface area contributed by atoms with Crippen molar-refractivity contribution in [3.63, 3.8) is 0 Å². The highest BCUT2D eigenvalue weighted by Crippen LogP contribution is 2.27. The monoisotopic (exact) mass is 486 g/mol. The van der Waals surface area contributed by atoms with E-state index in [1.165, 1.54) is 5.56 Å². The van der Waals surface area contributed by atoms with Gasteiger partial charge in [-0.3, -0.25) is 9.48 Å². The first kappa shape index (κ1) is 23.6. The van der Waals surface area contributed by atoms with Gasteiger partial charge in [-0.25, -0.2) is 14.6 Å². The van der Waals surface area contributed by atoms with Crippen molar-refractivity contribution in [3.8, 4) is 11.3 Å². The quantitative estimate of drug-likeness (QED) is 0.393. The first-order valence-corrected chi connectivity index (χ1v) is 11.9. The van der Waals surface area contributed by atoms with Crippen LogP contribution in [0.4, 0.5) is 11.6 Å². The van der Waals surface area contributed by atoms with Gasteiger partial charge < -0.3 is 16.0 Å². The smallest absolute Gasteiger partial charge is 0.273 e. The molecule has 0 saturated heterocycles. The van der Waals surface area contributed by atoms with Crippen LogP contribution in [0.3, 0.4) is 0 Å². The van der Waals surface area contributed by atoms with Crippen LogP contribution in [0.1, 0.15) is 48.4 Å². The van der Waals surface area contributed by atoms with Crippen LogP contribution in [0.5, 0.6) is 0 Å². The van der Waals surface area contributed by atoms with Gasteiger partial charge in [0.1, 0.15) is 0 Å². The molecule has 3 N–H and O–H groups in total. The Morgan fingerprint density at radius 1 is 1.19 bits per heavy atom. The van der Waals surface area contributed by atoms with Gasteiger partial charge in [0.25, 0.3) is 5.91 Å². The lowest BCUT2D eigenvalue weighted by Crippen LogP contribution is -2.35. The molecule has 4 heterocycles. The van der Waals surface area contributed by atoms with Gasteiger partial charge in [-0.2, -0.15) is 5.10 Å². The summed E-state index contributed by atoms with van der Waals surface area (Å²) in [4.78, 5) is 22.0. The third-order valence-electron chi connectivity index (χ3n) is 6.07. The highest BCUT2D eigenvalue weighted by atomic mass is 16.2. The lowest BCUT2D eigenvalue weighted by atomic mass is 9.96. The normalized spacial score (nSPS) is 15.7. The maximum Gasteiger partial charge on any atom is 0.273 e. The van der Waals surface area contributed by atoms with Crippen LogP contribution in [0.25, 0.3) is 11.3 Å². The lowest BCUT2D eigenvalue weighted by molar-refractivity contribution is 0.0931. The van der Waals surface area contributed by atoms with Crippen LogP contribution >= 0.6 is 0 Å². The second-order valence-corrected chi connectivity index (χ2v) is 9.91. The summed E-state index contributed by atoms with van der Waals surface area (Å²) in [6.45, 7) is 7.50. The molecule has 1 amide bonds. The zero-order valence-electron chi connectivity index (χ0n) is 20.9. The van der Waals surface area contributed by atoms with E-state index in [-0.39, 0.29) is 17.5 Å². The van der Waals surface area contributed by atoms with Crippen LogP contribution in [-0.4, -0.2) is 53.7 Å². The summed E-state index contributed by atoms with van der Waals surface area (Å²) < 4.78 is 3.42. The van der Waals surface area contributed by atoms with Crippen molar-refractivity contribution in [1.82, 2.24) is 45.4 Å². The summed E-state index contributed by atoms with van der Waals surface area (Å²) in [6.07, 6.45) is 7.87. The summed E-state index contributed by atoms with van der Waals surface area (Å²) in [6, 6.07) is 7.97. The predicted molar refractivity (Wildman–Crippen MR) is 136 cm³/mol. The molecule has 0 saturated carbocycles. The largest absolute Gasteiger partial charge is 0.342 e. The molecule has 11 heteroatoms. The van der Waals surface area contributed by atoms with Gasteiger partial charge in [-0.15, -0.1) is 5.10 Å². The molecule has 0 unspecified atom stereocenters. The van der Waals surface area contributed by atoms with Gasteiger partial charge in [0, 0.05) is 31.5 Å². The Morgan fingerprint density at radius 2 is 2.06 bits per heavy atom. The average molecular weight is 487 g/mol. The SMILES string of the molecule is Cn1cc(Nc2nccc(-c3ccc4c(c3)CCNC[C@@H]4NC(=O)c3cn(C(C)(C)C)nn3)n2)cn1. The van der Waals surface area contributed by atoms with Gasteiger partial charge in [0.05, 0.1) is 35.4 Å². The third kappa shape index (κ3) is 5.10. The number of hydrogen-bond acceptors (Lipinski definition) is 8. The number of anilines is 2. The summed E-state index contributed by atoms with van der Waals surface area (Å²) in [5.41, 5.74) is 4.95. The Balaban J connectivity index is 1.36.